The summed E-state index contributed by atoms with van der Waals surface area (Å²) in [6.07, 6.45) is 1.77. The SMILES string of the molecule is CC(C)NC(=O)NCCCOCCc1ccccc1. The number of amides is 2. The molecule has 0 radical (unpaired) electrons. The molecule has 106 valence electrons. The molecule has 0 unspecified atom stereocenters. The van der Waals surface area contributed by atoms with E-state index in [1.54, 1.807) is 0 Å². The lowest BCUT2D eigenvalue weighted by molar-refractivity contribution is 0.135. The number of rotatable bonds is 8. The minimum atomic E-state index is -0.112. The van der Waals surface area contributed by atoms with Crippen molar-refractivity contribution in [3.63, 3.8) is 0 Å². The molecule has 0 heterocycles. The van der Waals surface area contributed by atoms with Crippen LogP contribution in [0.15, 0.2) is 30.3 Å². The highest BCUT2D eigenvalue weighted by Crippen LogP contribution is 1.99. The van der Waals surface area contributed by atoms with Gasteiger partial charge in [0.15, 0.2) is 0 Å². The molecule has 19 heavy (non-hydrogen) atoms. The Morgan fingerprint density at radius 3 is 2.63 bits per heavy atom. The Bertz CT molecular complexity index is 352. The first-order valence-corrected chi connectivity index (χ1v) is 6.84. The summed E-state index contributed by atoms with van der Waals surface area (Å²) in [5.74, 6) is 0. The fourth-order valence-corrected chi connectivity index (χ4v) is 1.63. The van der Waals surface area contributed by atoms with Gasteiger partial charge in [0.1, 0.15) is 0 Å². The zero-order chi connectivity index (χ0) is 13.9. The number of benzene rings is 1. The Morgan fingerprint density at radius 1 is 1.21 bits per heavy atom. The van der Waals surface area contributed by atoms with Gasteiger partial charge in [-0.05, 0) is 32.3 Å². The molecule has 0 aliphatic rings. The Morgan fingerprint density at radius 2 is 1.95 bits per heavy atom. The van der Waals surface area contributed by atoms with Crippen molar-refractivity contribution >= 4 is 6.03 Å². The highest BCUT2D eigenvalue weighted by molar-refractivity contribution is 5.73. The topological polar surface area (TPSA) is 50.4 Å². The van der Waals surface area contributed by atoms with Gasteiger partial charge in [-0.2, -0.15) is 0 Å². The van der Waals surface area contributed by atoms with E-state index in [9.17, 15) is 4.79 Å². The summed E-state index contributed by atoms with van der Waals surface area (Å²) < 4.78 is 5.53. The van der Waals surface area contributed by atoms with E-state index >= 15 is 0 Å². The lowest BCUT2D eigenvalue weighted by atomic mass is 10.2. The molecule has 2 N–H and O–H groups in total. The monoisotopic (exact) mass is 264 g/mol. The number of hydrogen-bond acceptors (Lipinski definition) is 2. The maximum absolute atomic E-state index is 11.3. The van der Waals surface area contributed by atoms with Crippen LogP contribution in [0.2, 0.25) is 0 Å². The van der Waals surface area contributed by atoms with Gasteiger partial charge in [-0.15, -0.1) is 0 Å². The van der Waals surface area contributed by atoms with E-state index in [4.69, 9.17) is 4.74 Å². The molecule has 0 atom stereocenters. The number of ether oxygens (including phenoxy) is 1. The zero-order valence-electron chi connectivity index (χ0n) is 11.8. The standard InChI is InChI=1S/C15H24N2O2/c1-13(2)17-15(18)16-10-6-11-19-12-9-14-7-4-3-5-8-14/h3-5,7-8,13H,6,9-12H2,1-2H3,(H2,16,17,18). The van der Waals surface area contributed by atoms with Gasteiger partial charge in [-0.3, -0.25) is 0 Å². The molecule has 0 aromatic heterocycles. The predicted octanol–water partition coefficient (Wildman–Crippen LogP) is 2.34. The summed E-state index contributed by atoms with van der Waals surface area (Å²) in [7, 11) is 0. The van der Waals surface area contributed by atoms with Gasteiger partial charge >= 0.3 is 6.03 Å². The van der Waals surface area contributed by atoms with Crippen molar-refractivity contribution in [3.05, 3.63) is 35.9 Å². The lowest BCUT2D eigenvalue weighted by Crippen LogP contribution is -2.40. The van der Waals surface area contributed by atoms with Gasteiger partial charge < -0.3 is 15.4 Å². The van der Waals surface area contributed by atoms with Crippen molar-refractivity contribution in [2.75, 3.05) is 19.8 Å². The number of carbonyl (C=O) groups excluding carboxylic acids is 1. The largest absolute Gasteiger partial charge is 0.381 e. The van der Waals surface area contributed by atoms with Crippen molar-refractivity contribution in [1.29, 1.82) is 0 Å². The lowest BCUT2D eigenvalue weighted by Gasteiger charge is -2.10. The maximum atomic E-state index is 11.3. The summed E-state index contributed by atoms with van der Waals surface area (Å²) in [5, 5.41) is 5.57. The molecule has 4 heteroatoms. The van der Waals surface area contributed by atoms with Gasteiger partial charge in [-0.1, -0.05) is 30.3 Å². The van der Waals surface area contributed by atoms with E-state index in [0.717, 1.165) is 19.4 Å². The second kappa shape index (κ2) is 9.39. The average molecular weight is 264 g/mol. The fraction of sp³-hybridized carbons (Fsp3) is 0.533. The first kappa shape index (κ1) is 15.5. The molecular weight excluding hydrogens is 240 g/mol. The van der Waals surface area contributed by atoms with E-state index in [0.29, 0.717) is 13.2 Å². The first-order valence-electron chi connectivity index (χ1n) is 6.84. The van der Waals surface area contributed by atoms with Gasteiger partial charge in [-0.25, -0.2) is 4.79 Å². The molecule has 1 aromatic rings. The van der Waals surface area contributed by atoms with E-state index in [2.05, 4.69) is 22.8 Å². The van der Waals surface area contributed by atoms with Crippen LogP contribution in [-0.4, -0.2) is 31.8 Å². The van der Waals surface area contributed by atoms with Crippen LogP contribution < -0.4 is 10.6 Å². The van der Waals surface area contributed by atoms with E-state index in [-0.39, 0.29) is 12.1 Å². The van der Waals surface area contributed by atoms with Crippen LogP contribution in [0.5, 0.6) is 0 Å². The van der Waals surface area contributed by atoms with Crippen molar-refractivity contribution in [2.45, 2.75) is 32.7 Å². The van der Waals surface area contributed by atoms with E-state index in [1.165, 1.54) is 5.56 Å². The van der Waals surface area contributed by atoms with E-state index < -0.39 is 0 Å². The second-order valence-electron chi connectivity index (χ2n) is 4.76. The van der Waals surface area contributed by atoms with Gasteiger partial charge in [0.2, 0.25) is 0 Å². The van der Waals surface area contributed by atoms with Crippen LogP contribution in [0, 0.1) is 0 Å². The van der Waals surface area contributed by atoms with Crippen LogP contribution in [0.1, 0.15) is 25.8 Å². The van der Waals surface area contributed by atoms with Crippen molar-refractivity contribution in [2.24, 2.45) is 0 Å². The number of hydrogen-bond donors (Lipinski definition) is 2. The molecule has 0 saturated carbocycles. The molecule has 0 fully saturated rings. The third-order valence-electron chi connectivity index (χ3n) is 2.55. The molecule has 1 rings (SSSR count). The molecule has 0 bridgehead atoms. The quantitative estimate of drug-likeness (QED) is 0.708. The Balaban J connectivity index is 1.93. The summed E-state index contributed by atoms with van der Waals surface area (Å²) in [4.78, 5) is 11.3. The van der Waals surface area contributed by atoms with Crippen molar-refractivity contribution < 1.29 is 9.53 Å². The zero-order valence-corrected chi connectivity index (χ0v) is 11.8. The number of urea groups is 1. The summed E-state index contributed by atoms with van der Waals surface area (Å²) >= 11 is 0. The summed E-state index contributed by atoms with van der Waals surface area (Å²) in [6, 6.07) is 10.3. The Hall–Kier alpha value is -1.55. The molecule has 0 saturated heterocycles. The predicted molar refractivity (Wildman–Crippen MR) is 77.3 cm³/mol. The smallest absolute Gasteiger partial charge is 0.314 e. The minimum Gasteiger partial charge on any atom is -0.381 e. The highest BCUT2D eigenvalue weighted by atomic mass is 16.5. The van der Waals surface area contributed by atoms with Crippen LogP contribution in [-0.2, 0) is 11.2 Å². The normalized spacial score (nSPS) is 10.5. The summed E-state index contributed by atoms with van der Waals surface area (Å²) in [6.45, 7) is 5.92. The van der Waals surface area contributed by atoms with Crippen LogP contribution in [0.25, 0.3) is 0 Å². The summed E-state index contributed by atoms with van der Waals surface area (Å²) in [5.41, 5.74) is 1.29. The van der Waals surface area contributed by atoms with E-state index in [1.807, 2.05) is 32.0 Å². The Labute approximate surface area is 115 Å². The van der Waals surface area contributed by atoms with Gasteiger partial charge in [0, 0.05) is 19.2 Å². The molecular formula is C15H24N2O2. The molecule has 0 spiro atoms. The van der Waals surface area contributed by atoms with Crippen molar-refractivity contribution in [1.82, 2.24) is 10.6 Å². The average Bonchev–Trinajstić information content (AvgIpc) is 2.38. The Kier molecular flexibility index (Phi) is 7.66. The second-order valence-corrected chi connectivity index (χ2v) is 4.76. The first-order chi connectivity index (χ1) is 9.18. The maximum Gasteiger partial charge on any atom is 0.314 e. The van der Waals surface area contributed by atoms with Crippen LogP contribution in [0.3, 0.4) is 0 Å². The van der Waals surface area contributed by atoms with Gasteiger partial charge in [0.25, 0.3) is 0 Å². The molecule has 2 amide bonds. The molecule has 1 aromatic carbocycles. The molecule has 4 nitrogen and oxygen atoms in total. The fourth-order valence-electron chi connectivity index (χ4n) is 1.63. The van der Waals surface area contributed by atoms with Crippen LogP contribution in [0.4, 0.5) is 4.79 Å². The highest BCUT2D eigenvalue weighted by Gasteiger charge is 2.00. The van der Waals surface area contributed by atoms with Crippen molar-refractivity contribution in [3.8, 4) is 0 Å². The molecule has 0 aliphatic heterocycles. The number of nitrogens with one attached hydrogen (secondary N) is 2. The van der Waals surface area contributed by atoms with Crippen LogP contribution >= 0.6 is 0 Å². The molecule has 0 aliphatic carbocycles. The minimum absolute atomic E-state index is 0.112. The number of carbonyl (C=O) groups is 1. The third kappa shape index (κ3) is 8.21. The third-order valence-corrected chi connectivity index (χ3v) is 2.55. The van der Waals surface area contributed by atoms with Gasteiger partial charge in [0.05, 0.1) is 6.61 Å².